The predicted molar refractivity (Wildman–Crippen MR) is 57.1 cm³/mol. The highest BCUT2D eigenvalue weighted by atomic mass is 79.9. The van der Waals surface area contributed by atoms with E-state index in [4.69, 9.17) is 0 Å². The van der Waals surface area contributed by atoms with Gasteiger partial charge in [-0.05, 0) is 18.9 Å². The molecule has 0 aromatic heterocycles. The van der Waals surface area contributed by atoms with Crippen LogP contribution < -0.4 is 0 Å². The second kappa shape index (κ2) is 3.61. The molecule has 0 aliphatic heterocycles. The molecule has 2 aliphatic carbocycles. The fourth-order valence-electron chi connectivity index (χ4n) is 1.78. The molecule has 0 N–H and O–H groups in total. The van der Waals surface area contributed by atoms with Crippen molar-refractivity contribution in [2.45, 2.75) is 19.0 Å². The summed E-state index contributed by atoms with van der Waals surface area (Å²) < 4.78 is 13.8. The van der Waals surface area contributed by atoms with E-state index in [1.807, 2.05) is 0 Å². The largest absolute Gasteiger partial charge is 0.298 e. The standard InChI is InChI=1S/C11H12BrFO/c12-7-11(10(14)8-4-5-8)6-2-1-3-9(11)13/h1-3,6,8-9H,4-5,7H2. The van der Waals surface area contributed by atoms with Crippen LogP contribution in [-0.4, -0.2) is 17.3 Å². The van der Waals surface area contributed by atoms with Crippen LogP contribution >= 0.6 is 15.9 Å². The van der Waals surface area contributed by atoms with Crippen LogP contribution in [0.5, 0.6) is 0 Å². The van der Waals surface area contributed by atoms with E-state index in [9.17, 15) is 9.18 Å². The Bertz CT molecular complexity index is 306. The molecule has 0 aromatic carbocycles. The van der Waals surface area contributed by atoms with Gasteiger partial charge in [-0.25, -0.2) is 4.39 Å². The van der Waals surface area contributed by atoms with E-state index in [0.717, 1.165) is 12.8 Å². The van der Waals surface area contributed by atoms with E-state index in [1.54, 1.807) is 18.2 Å². The van der Waals surface area contributed by atoms with E-state index in [0.29, 0.717) is 5.33 Å². The van der Waals surface area contributed by atoms with Crippen molar-refractivity contribution >= 4 is 21.7 Å². The molecule has 2 unspecified atom stereocenters. The number of allylic oxidation sites excluding steroid dienone is 4. The summed E-state index contributed by atoms with van der Waals surface area (Å²) >= 11 is 3.26. The molecule has 0 spiro atoms. The van der Waals surface area contributed by atoms with Gasteiger partial charge in [-0.2, -0.15) is 0 Å². The Morgan fingerprint density at radius 2 is 2.21 bits per heavy atom. The van der Waals surface area contributed by atoms with Gasteiger partial charge in [-0.3, -0.25) is 4.79 Å². The highest BCUT2D eigenvalue weighted by molar-refractivity contribution is 9.09. The molecule has 0 bridgehead atoms. The minimum absolute atomic E-state index is 0.0578. The van der Waals surface area contributed by atoms with Crippen LogP contribution in [0.2, 0.25) is 0 Å². The van der Waals surface area contributed by atoms with Gasteiger partial charge < -0.3 is 0 Å². The second-order valence-electron chi connectivity index (χ2n) is 3.96. The average Bonchev–Trinajstić information content (AvgIpc) is 3.01. The average molecular weight is 259 g/mol. The van der Waals surface area contributed by atoms with E-state index in [1.165, 1.54) is 6.08 Å². The van der Waals surface area contributed by atoms with Gasteiger partial charge in [0.1, 0.15) is 12.0 Å². The zero-order chi connectivity index (χ0) is 10.2. The third kappa shape index (κ3) is 1.48. The zero-order valence-corrected chi connectivity index (χ0v) is 9.34. The highest BCUT2D eigenvalue weighted by Gasteiger charge is 2.48. The molecule has 3 heteroatoms. The molecule has 2 aliphatic rings. The van der Waals surface area contributed by atoms with Gasteiger partial charge >= 0.3 is 0 Å². The van der Waals surface area contributed by atoms with Crippen LogP contribution in [0.4, 0.5) is 4.39 Å². The van der Waals surface area contributed by atoms with Crippen molar-refractivity contribution in [3.63, 3.8) is 0 Å². The summed E-state index contributed by atoms with van der Waals surface area (Å²) in [6.07, 6.45) is 7.26. The van der Waals surface area contributed by atoms with Crippen molar-refractivity contribution in [2.24, 2.45) is 11.3 Å². The normalized spacial score (nSPS) is 36.0. The zero-order valence-electron chi connectivity index (χ0n) is 7.75. The number of hydrogen-bond acceptors (Lipinski definition) is 1. The quantitative estimate of drug-likeness (QED) is 0.712. The van der Waals surface area contributed by atoms with Crippen molar-refractivity contribution in [1.29, 1.82) is 0 Å². The molecular formula is C11H12BrFO. The van der Waals surface area contributed by atoms with Gasteiger partial charge in [0, 0.05) is 11.2 Å². The van der Waals surface area contributed by atoms with Gasteiger partial charge in [-0.1, -0.05) is 34.2 Å². The first kappa shape index (κ1) is 10.1. The number of carbonyl (C=O) groups is 1. The SMILES string of the molecule is O=C(C1CC1)C1(CBr)C=CC=CC1F. The summed E-state index contributed by atoms with van der Waals surface area (Å²) in [5.41, 5.74) is -0.935. The lowest BCUT2D eigenvalue weighted by Crippen LogP contribution is -2.41. The highest BCUT2D eigenvalue weighted by Crippen LogP contribution is 2.43. The Hall–Kier alpha value is -0.440. The lowest BCUT2D eigenvalue weighted by molar-refractivity contribution is -0.128. The van der Waals surface area contributed by atoms with Crippen LogP contribution in [0.1, 0.15) is 12.8 Å². The molecule has 2 rings (SSSR count). The van der Waals surface area contributed by atoms with Crippen LogP contribution in [0.25, 0.3) is 0 Å². The van der Waals surface area contributed by atoms with Crippen molar-refractivity contribution < 1.29 is 9.18 Å². The maximum Gasteiger partial charge on any atom is 0.149 e. The monoisotopic (exact) mass is 258 g/mol. The Morgan fingerprint density at radius 3 is 2.71 bits per heavy atom. The van der Waals surface area contributed by atoms with Gasteiger partial charge in [0.2, 0.25) is 0 Å². The number of ketones is 1. The second-order valence-corrected chi connectivity index (χ2v) is 4.52. The van der Waals surface area contributed by atoms with Crippen molar-refractivity contribution in [1.82, 2.24) is 0 Å². The van der Waals surface area contributed by atoms with Crippen LogP contribution in [-0.2, 0) is 4.79 Å². The first-order valence-electron chi connectivity index (χ1n) is 4.81. The molecule has 0 amide bonds. The summed E-state index contributed by atoms with van der Waals surface area (Å²) in [4.78, 5) is 12.0. The van der Waals surface area contributed by atoms with E-state index in [-0.39, 0.29) is 11.7 Å². The fourth-order valence-corrected chi connectivity index (χ4v) is 2.55. The molecule has 0 heterocycles. The first-order chi connectivity index (χ1) is 6.70. The van der Waals surface area contributed by atoms with E-state index < -0.39 is 11.6 Å². The third-order valence-corrected chi connectivity index (χ3v) is 3.83. The van der Waals surface area contributed by atoms with Crippen molar-refractivity contribution in [2.75, 3.05) is 5.33 Å². The van der Waals surface area contributed by atoms with Gasteiger partial charge in [0.05, 0.1) is 5.41 Å². The smallest absolute Gasteiger partial charge is 0.149 e. The van der Waals surface area contributed by atoms with E-state index in [2.05, 4.69) is 15.9 Å². The molecule has 1 nitrogen and oxygen atoms in total. The number of hydrogen-bond donors (Lipinski definition) is 0. The molecule has 76 valence electrons. The first-order valence-corrected chi connectivity index (χ1v) is 5.93. The van der Waals surface area contributed by atoms with Crippen molar-refractivity contribution in [3.8, 4) is 0 Å². The lowest BCUT2D eigenvalue weighted by Gasteiger charge is -2.30. The minimum atomic E-state index is -1.18. The molecule has 0 radical (unpaired) electrons. The number of halogens is 2. The van der Waals surface area contributed by atoms with Gasteiger partial charge in [-0.15, -0.1) is 0 Å². The molecular weight excluding hydrogens is 247 g/mol. The van der Waals surface area contributed by atoms with Gasteiger partial charge in [0.25, 0.3) is 0 Å². The topological polar surface area (TPSA) is 17.1 Å². The molecule has 1 saturated carbocycles. The number of carbonyl (C=O) groups excluding carboxylic acids is 1. The van der Waals surface area contributed by atoms with Crippen LogP contribution in [0.15, 0.2) is 24.3 Å². The molecule has 1 fully saturated rings. The number of rotatable bonds is 3. The maximum atomic E-state index is 13.8. The third-order valence-electron chi connectivity index (χ3n) is 2.90. The molecule has 0 aromatic rings. The van der Waals surface area contributed by atoms with Crippen molar-refractivity contribution in [3.05, 3.63) is 24.3 Å². The maximum absolute atomic E-state index is 13.8. The Labute approximate surface area is 91.2 Å². The van der Waals surface area contributed by atoms with Gasteiger partial charge in [0.15, 0.2) is 0 Å². The Balaban J connectivity index is 2.27. The van der Waals surface area contributed by atoms with Crippen LogP contribution in [0.3, 0.4) is 0 Å². The molecule has 2 atom stereocenters. The Kier molecular flexibility index (Phi) is 2.60. The fraction of sp³-hybridized carbons (Fsp3) is 0.545. The summed E-state index contributed by atoms with van der Waals surface area (Å²) in [5.74, 6) is 0.157. The number of Topliss-reactive ketones (excluding diaryl/α,β-unsaturated/α-hetero) is 1. The lowest BCUT2D eigenvalue weighted by atomic mass is 9.76. The van der Waals surface area contributed by atoms with E-state index >= 15 is 0 Å². The summed E-state index contributed by atoms with van der Waals surface area (Å²) in [6, 6.07) is 0. The summed E-state index contributed by atoms with van der Waals surface area (Å²) in [7, 11) is 0. The molecule has 14 heavy (non-hydrogen) atoms. The van der Waals surface area contributed by atoms with Crippen LogP contribution in [0, 0.1) is 11.3 Å². The number of alkyl halides is 2. The summed E-state index contributed by atoms with van der Waals surface area (Å²) in [5, 5.41) is 0.372. The predicted octanol–water partition coefficient (Wildman–Crippen LogP) is 2.81. The molecule has 0 saturated heterocycles. The summed E-state index contributed by atoms with van der Waals surface area (Å²) in [6.45, 7) is 0. The minimum Gasteiger partial charge on any atom is -0.298 e. The Morgan fingerprint density at radius 1 is 1.50 bits per heavy atom.